The molecular formula is C15H21NO4. The van der Waals surface area contributed by atoms with E-state index in [-0.39, 0.29) is 17.1 Å². The molecule has 5 nitrogen and oxygen atoms in total. The maximum atomic E-state index is 12.1. The maximum absolute atomic E-state index is 12.1. The van der Waals surface area contributed by atoms with Crippen molar-refractivity contribution in [2.75, 3.05) is 26.7 Å². The van der Waals surface area contributed by atoms with Crippen molar-refractivity contribution in [1.29, 1.82) is 0 Å². The van der Waals surface area contributed by atoms with Gasteiger partial charge in [-0.2, -0.15) is 0 Å². The summed E-state index contributed by atoms with van der Waals surface area (Å²) < 4.78 is 4.97. The number of carbonyl (C=O) groups is 2. The summed E-state index contributed by atoms with van der Waals surface area (Å²) in [5.41, 5.74) is 0.427. The lowest BCUT2D eigenvalue weighted by atomic mass is 10.0. The highest BCUT2D eigenvalue weighted by molar-refractivity contribution is 6.00. The number of carbonyl (C=O) groups excluding carboxylic acids is 1. The van der Waals surface area contributed by atoms with Crippen molar-refractivity contribution in [2.24, 2.45) is 0 Å². The largest absolute Gasteiger partial charge is 0.496 e. The topological polar surface area (TPSA) is 66.8 Å². The third-order valence-electron chi connectivity index (χ3n) is 3.30. The molecule has 0 aromatic heterocycles. The number of ketones is 1. The van der Waals surface area contributed by atoms with Gasteiger partial charge in [0.15, 0.2) is 5.78 Å². The van der Waals surface area contributed by atoms with Crippen LogP contribution in [0.25, 0.3) is 0 Å². The fraction of sp³-hybridized carbons (Fsp3) is 0.467. The Kier molecular flexibility index (Phi) is 6.18. The van der Waals surface area contributed by atoms with Crippen LogP contribution in [0, 0.1) is 0 Å². The molecule has 1 aromatic rings. The summed E-state index contributed by atoms with van der Waals surface area (Å²) >= 11 is 0. The van der Waals surface area contributed by atoms with Crippen molar-refractivity contribution < 1.29 is 19.4 Å². The summed E-state index contributed by atoms with van der Waals surface area (Å²) in [7, 11) is 1.41. The fourth-order valence-corrected chi connectivity index (χ4v) is 1.99. The number of benzene rings is 1. The number of nitrogens with zero attached hydrogens (tertiary/aromatic N) is 1. The zero-order valence-corrected chi connectivity index (χ0v) is 12.2. The molecule has 0 saturated carbocycles. The van der Waals surface area contributed by atoms with E-state index in [1.54, 1.807) is 6.07 Å². The van der Waals surface area contributed by atoms with Crippen molar-refractivity contribution in [3.8, 4) is 5.75 Å². The average Bonchev–Trinajstić information content (AvgIpc) is 2.47. The zero-order chi connectivity index (χ0) is 15.1. The Bertz CT molecular complexity index is 481. The van der Waals surface area contributed by atoms with Crippen LogP contribution in [0.15, 0.2) is 18.2 Å². The molecule has 110 valence electrons. The van der Waals surface area contributed by atoms with Gasteiger partial charge < -0.3 is 14.7 Å². The Morgan fingerprint density at radius 2 is 1.90 bits per heavy atom. The average molecular weight is 279 g/mol. The van der Waals surface area contributed by atoms with Crippen molar-refractivity contribution in [3.05, 3.63) is 29.3 Å². The summed E-state index contributed by atoms with van der Waals surface area (Å²) in [6.07, 6.45) is 0.382. The summed E-state index contributed by atoms with van der Waals surface area (Å²) in [5, 5.41) is 9.10. The predicted octanol–water partition coefficient (Wildman–Crippen LogP) is 2.31. The monoisotopic (exact) mass is 279 g/mol. The van der Waals surface area contributed by atoms with Gasteiger partial charge in [0.05, 0.1) is 7.11 Å². The Balaban J connectivity index is 2.83. The second kappa shape index (κ2) is 7.65. The predicted molar refractivity (Wildman–Crippen MR) is 76.7 cm³/mol. The highest BCUT2D eigenvalue weighted by Crippen LogP contribution is 2.20. The molecule has 1 rings (SSSR count). The Labute approximate surface area is 119 Å². The minimum atomic E-state index is -1.10. The Morgan fingerprint density at radius 3 is 2.40 bits per heavy atom. The summed E-state index contributed by atoms with van der Waals surface area (Å²) in [6.45, 7) is 6.56. The molecule has 1 aromatic carbocycles. The zero-order valence-electron chi connectivity index (χ0n) is 12.2. The molecule has 0 unspecified atom stereocenters. The molecule has 1 N–H and O–H groups in total. The number of ether oxygens (including phenoxy) is 1. The van der Waals surface area contributed by atoms with Gasteiger partial charge in [-0.1, -0.05) is 13.8 Å². The van der Waals surface area contributed by atoms with Gasteiger partial charge in [-0.05, 0) is 31.3 Å². The maximum Gasteiger partial charge on any atom is 0.339 e. The van der Waals surface area contributed by atoms with Gasteiger partial charge in [-0.25, -0.2) is 4.79 Å². The molecule has 0 bridgehead atoms. The van der Waals surface area contributed by atoms with Crippen LogP contribution in [-0.2, 0) is 0 Å². The molecule has 20 heavy (non-hydrogen) atoms. The van der Waals surface area contributed by atoms with E-state index in [0.717, 1.165) is 13.1 Å². The van der Waals surface area contributed by atoms with Gasteiger partial charge in [0, 0.05) is 18.5 Å². The van der Waals surface area contributed by atoms with Crippen LogP contribution >= 0.6 is 0 Å². The van der Waals surface area contributed by atoms with Crippen molar-refractivity contribution in [2.45, 2.75) is 20.3 Å². The van der Waals surface area contributed by atoms with E-state index in [4.69, 9.17) is 9.84 Å². The number of hydrogen-bond acceptors (Lipinski definition) is 4. The van der Waals surface area contributed by atoms with Crippen LogP contribution < -0.4 is 4.74 Å². The highest BCUT2D eigenvalue weighted by atomic mass is 16.5. The number of carboxylic acid groups (broad SMARTS) is 1. The first-order valence-corrected chi connectivity index (χ1v) is 6.70. The second-order valence-electron chi connectivity index (χ2n) is 4.42. The van der Waals surface area contributed by atoms with E-state index in [1.165, 1.54) is 19.2 Å². The molecule has 0 saturated heterocycles. The third kappa shape index (κ3) is 4.06. The molecule has 0 heterocycles. The number of Topliss-reactive ketones (excluding diaryl/α,β-unsaturated/α-hetero) is 1. The molecule has 0 aliphatic carbocycles. The molecule has 0 aliphatic heterocycles. The van der Waals surface area contributed by atoms with Crippen molar-refractivity contribution in [3.63, 3.8) is 0 Å². The normalized spacial score (nSPS) is 10.6. The van der Waals surface area contributed by atoms with E-state index in [9.17, 15) is 9.59 Å². The van der Waals surface area contributed by atoms with E-state index in [1.807, 2.05) is 13.8 Å². The summed E-state index contributed by atoms with van der Waals surface area (Å²) in [4.78, 5) is 25.4. The highest BCUT2D eigenvalue weighted by Gasteiger charge is 2.15. The van der Waals surface area contributed by atoms with Crippen LogP contribution in [0.1, 0.15) is 41.0 Å². The first kappa shape index (κ1) is 16.2. The van der Waals surface area contributed by atoms with Gasteiger partial charge in [0.1, 0.15) is 11.3 Å². The number of rotatable bonds is 8. The minimum Gasteiger partial charge on any atom is -0.496 e. The molecule has 5 heteroatoms. The van der Waals surface area contributed by atoms with E-state index in [2.05, 4.69) is 4.90 Å². The Morgan fingerprint density at radius 1 is 1.25 bits per heavy atom. The fourth-order valence-electron chi connectivity index (χ4n) is 1.99. The molecular weight excluding hydrogens is 258 g/mol. The molecule has 0 amide bonds. The number of hydrogen-bond donors (Lipinski definition) is 1. The van der Waals surface area contributed by atoms with Crippen LogP contribution in [0.2, 0.25) is 0 Å². The number of aromatic carboxylic acids is 1. The molecule has 0 spiro atoms. The SMILES string of the molecule is CCN(CC)CCC(=O)c1ccc(OC)c(C(=O)O)c1. The summed E-state index contributed by atoms with van der Waals surface area (Å²) in [5.74, 6) is -0.889. The lowest BCUT2D eigenvalue weighted by molar-refractivity contribution is 0.0693. The van der Waals surface area contributed by atoms with E-state index < -0.39 is 5.97 Å². The second-order valence-corrected chi connectivity index (χ2v) is 4.42. The standard InChI is InChI=1S/C15H21NO4/c1-4-16(5-2)9-8-13(17)11-6-7-14(20-3)12(10-11)15(18)19/h6-7,10H,4-5,8-9H2,1-3H3,(H,18,19). The van der Waals surface area contributed by atoms with Crippen LogP contribution in [-0.4, -0.2) is 48.5 Å². The van der Waals surface area contributed by atoms with Gasteiger partial charge in [-0.15, -0.1) is 0 Å². The van der Waals surface area contributed by atoms with E-state index in [0.29, 0.717) is 18.5 Å². The summed E-state index contributed by atoms with van der Waals surface area (Å²) in [6, 6.07) is 4.51. The first-order chi connectivity index (χ1) is 9.53. The molecule has 0 atom stereocenters. The minimum absolute atomic E-state index is 0.0150. The van der Waals surface area contributed by atoms with Crippen LogP contribution in [0.5, 0.6) is 5.75 Å². The van der Waals surface area contributed by atoms with Gasteiger partial charge in [-0.3, -0.25) is 4.79 Å². The van der Waals surface area contributed by atoms with Gasteiger partial charge in [0.25, 0.3) is 0 Å². The smallest absolute Gasteiger partial charge is 0.339 e. The quantitative estimate of drug-likeness (QED) is 0.740. The molecule has 0 aliphatic rings. The van der Waals surface area contributed by atoms with Gasteiger partial charge >= 0.3 is 5.97 Å². The van der Waals surface area contributed by atoms with Crippen molar-refractivity contribution in [1.82, 2.24) is 4.90 Å². The molecule has 0 fully saturated rings. The molecule has 0 radical (unpaired) electrons. The Hall–Kier alpha value is -1.88. The third-order valence-corrected chi connectivity index (χ3v) is 3.30. The van der Waals surface area contributed by atoms with Crippen LogP contribution in [0.3, 0.4) is 0 Å². The van der Waals surface area contributed by atoms with Crippen molar-refractivity contribution >= 4 is 11.8 Å². The van der Waals surface area contributed by atoms with E-state index >= 15 is 0 Å². The lowest BCUT2D eigenvalue weighted by Gasteiger charge is -2.17. The number of carboxylic acids is 1. The van der Waals surface area contributed by atoms with Gasteiger partial charge in [0.2, 0.25) is 0 Å². The lowest BCUT2D eigenvalue weighted by Crippen LogP contribution is -2.25. The number of methoxy groups -OCH3 is 1. The van der Waals surface area contributed by atoms with Crippen LogP contribution in [0.4, 0.5) is 0 Å². The first-order valence-electron chi connectivity index (χ1n) is 6.70.